The Morgan fingerprint density at radius 1 is 0.550 bits per heavy atom. The lowest BCUT2D eigenvalue weighted by Gasteiger charge is -2.29. The lowest BCUT2D eigenvalue weighted by Crippen LogP contribution is -2.46. The fraction of sp³-hybridized carbons (Fsp3) is 0.931. The second-order valence-electron chi connectivity index (χ2n) is 10.0. The highest BCUT2D eigenvalue weighted by Gasteiger charge is 2.41. The molecule has 2 atom stereocenters. The summed E-state index contributed by atoms with van der Waals surface area (Å²) in [6, 6.07) is 1.29. The molecule has 0 aromatic heterocycles. The molecule has 0 aliphatic heterocycles. The van der Waals surface area contributed by atoms with E-state index in [4.69, 9.17) is 26.6 Å². The van der Waals surface area contributed by atoms with Crippen LogP contribution in [0.2, 0.25) is 12.1 Å². The standard InChI is InChI=1S/C29H61NO8Si2/c1-10-26(28(31)20-18-22-39(33-12-3,34-13-4)35-14-5)24-30(9)25-27(11-2)29(32)21-19-23-40(36-15-6,37-16-7)38-17-8/h26-27H,10-25H2,1-9H3. The van der Waals surface area contributed by atoms with Gasteiger partial charge in [0.1, 0.15) is 11.6 Å². The Hall–Kier alpha value is -0.506. The Morgan fingerprint density at radius 2 is 0.825 bits per heavy atom. The quantitative estimate of drug-likeness (QED) is 0.103. The third-order valence-corrected chi connectivity index (χ3v) is 13.3. The molecular formula is C29H61NO8Si2. The van der Waals surface area contributed by atoms with Gasteiger partial charge in [-0.3, -0.25) is 9.59 Å². The Labute approximate surface area is 247 Å². The molecule has 2 unspecified atom stereocenters. The topological polar surface area (TPSA) is 92.8 Å². The number of hydrogen-bond acceptors (Lipinski definition) is 9. The molecule has 0 aliphatic rings. The first-order chi connectivity index (χ1) is 19.1. The van der Waals surface area contributed by atoms with E-state index in [-0.39, 0.29) is 23.4 Å². The summed E-state index contributed by atoms with van der Waals surface area (Å²) in [7, 11) is -3.46. The van der Waals surface area contributed by atoms with Crippen molar-refractivity contribution in [1.29, 1.82) is 0 Å². The number of carbonyl (C=O) groups is 2. The minimum Gasteiger partial charge on any atom is -0.374 e. The van der Waals surface area contributed by atoms with Crippen LogP contribution in [-0.4, -0.2) is 93.9 Å². The first-order valence-electron chi connectivity index (χ1n) is 15.7. The molecule has 9 nitrogen and oxygen atoms in total. The van der Waals surface area contributed by atoms with Gasteiger partial charge in [0.15, 0.2) is 0 Å². The SMILES string of the molecule is CCO[Si](CCCC(=O)C(CC)CN(C)CC(CC)C(=O)CCC[Si](OCC)(OCC)OCC)(OCC)OCC. The molecule has 0 saturated carbocycles. The number of nitrogens with zero attached hydrogens (tertiary/aromatic N) is 1. The normalized spacial score (nSPS) is 14.1. The van der Waals surface area contributed by atoms with Gasteiger partial charge in [-0.1, -0.05) is 13.8 Å². The number of rotatable bonds is 28. The fourth-order valence-electron chi connectivity index (χ4n) is 5.11. The van der Waals surface area contributed by atoms with E-state index in [1.165, 1.54) is 0 Å². The van der Waals surface area contributed by atoms with Crippen LogP contribution in [0.25, 0.3) is 0 Å². The molecule has 238 valence electrons. The molecule has 0 bridgehead atoms. The first kappa shape index (κ1) is 39.5. The van der Waals surface area contributed by atoms with Crippen molar-refractivity contribution in [1.82, 2.24) is 4.90 Å². The third-order valence-electron chi connectivity index (χ3n) is 6.96. The van der Waals surface area contributed by atoms with Crippen molar-refractivity contribution < 1.29 is 36.1 Å². The van der Waals surface area contributed by atoms with Crippen molar-refractivity contribution in [2.24, 2.45) is 11.8 Å². The van der Waals surface area contributed by atoms with Gasteiger partial charge in [0.25, 0.3) is 0 Å². The summed E-state index contributed by atoms with van der Waals surface area (Å²) in [6.07, 6.45) is 3.90. The molecule has 40 heavy (non-hydrogen) atoms. The van der Waals surface area contributed by atoms with Crippen molar-refractivity contribution in [3.63, 3.8) is 0 Å². The van der Waals surface area contributed by atoms with Crippen molar-refractivity contribution in [3.8, 4) is 0 Å². The zero-order valence-electron chi connectivity index (χ0n) is 27.2. The lowest BCUT2D eigenvalue weighted by molar-refractivity contribution is -0.124. The van der Waals surface area contributed by atoms with Crippen LogP contribution >= 0.6 is 0 Å². The molecule has 0 aromatic carbocycles. The molecular weight excluding hydrogens is 546 g/mol. The lowest BCUT2D eigenvalue weighted by atomic mass is 9.94. The molecule has 0 N–H and O–H groups in total. The van der Waals surface area contributed by atoms with E-state index in [2.05, 4.69) is 18.7 Å². The van der Waals surface area contributed by atoms with Gasteiger partial charge in [-0.2, -0.15) is 0 Å². The molecule has 0 heterocycles. The van der Waals surface area contributed by atoms with Crippen LogP contribution < -0.4 is 0 Å². The van der Waals surface area contributed by atoms with Gasteiger partial charge in [0, 0.05) is 89.5 Å². The summed E-state index contributed by atoms with van der Waals surface area (Å²) in [5.74, 6) is 0.390. The van der Waals surface area contributed by atoms with E-state index >= 15 is 0 Å². The van der Waals surface area contributed by atoms with E-state index < -0.39 is 17.6 Å². The number of hydrogen-bond donors (Lipinski definition) is 0. The van der Waals surface area contributed by atoms with E-state index in [1.807, 2.05) is 48.6 Å². The van der Waals surface area contributed by atoms with Crippen LogP contribution in [0.5, 0.6) is 0 Å². The smallest absolute Gasteiger partial charge is 0.374 e. The van der Waals surface area contributed by atoms with Crippen LogP contribution in [0.15, 0.2) is 0 Å². The van der Waals surface area contributed by atoms with Crippen LogP contribution in [-0.2, 0) is 36.1 Å². The van der Waals surface area contributed by atoms with Crippen molar-refractivity contribution in [3.05, 3.63) is 0 Å². The maximum absolute atomic E-state index is 13.1. The van der Waals surface area contributed by atoms with Crippen molar-refractivity contribution >= 4 is 29.2 Å². The van der Waals surface area contributed by atoms with E-state index in [1.54, 1.807) is 0 Å². The molecule has 0 fully saturated rings. The highest BCUT2D eigenvalue weighted by Crippen LogP contribution is 2.23. The van der Waals surface area contributed by atoms with E-state index in [9.17, 15) is 9.59 Å². The highest BCUT2D eigenvalue weighted by molar-refractivity contribution is 6.61. The monoisotopic (exact) mass is 607 g/mol. The zero-order valence-corrected chi connectivity index (χ0v) is 29.2. The van der Waals surface area contributed by atoms with Gasteiger partial charge < -0.3 is 31.5 Å². The minimum absolute atomic E-state index is 0.0600. The second-order valence-corrected chi connectivity index (χ2v) is 15.5. The molecule has 0 aliphatic carbocycles. The summed E-state index contributed by atoms with van der Waals surface area (Å²) in [5, 5.41) is 0. The van der Waals surface area contributed by atoms with Gasteiger partial charge in [-0.25, -0.2) is 0 Å². The van der Waals surface area contributed by atoms with E-state index in [0.29, 0.717) is 90.5 Å². The summed E-state index contributed by atoms with van der Waals surface area (Å²) in [6.45, 7) is 20.3. The average molecular weight is 608 g/mol. The molecule has 0 saturated heterocycles. The molecule has 0 aromatic rings. The number of Topliss-reactive ketones (excluding diaryl/α,β-unsaturated/α-hetero) is 2. The Balaban J connectivity index is 4.92. The van der Waals surface area contributed by atoms with Gasteiger partial charge in [-0.15, -0.1) is 0 Å². The van der Waals surface area contributed by atoms with Crippen LogP contribution in [0.4, 0.5) is 0 Å². The van der Waals surface area contributed by atoms with Gasteiger partial charge in [0.05, 0.1) is 0 Å². The maximum atomic E-state index is 13.1. The third kappa shape index (κ3) is 15.1. The van der Waals surface area contributed by atoms with Crippen molar-refractivity contribution in [2.75, 3.05) is 59.8 Å². The number of ketones is 2. The fourth-order valence-corrected chi connectivity index (χ4v) is 10.3. The zero-order chi connectivity index (χ0) is 30.4. The predicted molar refractivity (Wildman–Crippen MR) is 164 cm³/mol. The van der Waals surface area contributed by atoms with Crippen molar-refractivity contribution in [2.45, 2.75) is 106 Å². The highest BCUT2D eigenvalue weighted by atomic mass is 28.4. The summed E-state index contributed by atoms with van der Waals surface area (Å²) in [4.78, 5) is 28.4. The van der Waals surface area contributed by atoms with Crippen LogP contribution in [0.1, 0.15) is 93.9 Å². The second kappa shape index (κ2) is 23.0. The maximum Gasteiger partial charge on any atom is 0.500 e. The van der Waals surface area contributed by atoms with Gasteiger partial charge >= 0.3 is 17.6 Å². The molecule has 11 heteroatoms. The van der Waals surface area contributed by atoms with Crippen LogP contribution in [0, 0.1) is 11.8 Å². The molecule has 0 rings (SSSR count). The predicted octanol–water partition coefficient (Wildman–Crippen LogP) is 5.77. The summed E-state index contributed by atoms with van der Waals surface area (Å²) >= 11 is 0. The molecule has 0 radical (unpaired) electrons. The first-order valence-corrected chi connectivity index (χ1v) is 19.6. The summed E-state index contributed by atoms with van der Waals surface area (Å²) in [5.41, 5.74) is 0. The van der Waals surface area contributed by atoms with Crippen LogP contribution in [0.3, 0.4) is 0 Å². The summed E-state index contributed by atoms with van der Waals surface area (Å²) < 4.78 is 35.6. The Bertz CT molecular complexity index is 582. The Kier molecular flexibility index (Phi) is 22.7. The van der Waals surface area contributed by atoms with Gasteiger partial charge in [0.2, 0.25) is 0 Å². The molecule has 0 spiro atoms. The van der Waals surface area contributed by atoms with Gasteiger partial charge in [-0.05, 0) is 74.3 Å². The average Bonchev–Trinajstić information content (AvgIpc) is 2.91. The largest absolute Gasteiger partial charge is 0.500 e. The molecule has 0 amide bonds. The van der Waals surface area contributed by atoms with E-state index in [0.717, 1.165) is 12.8 Å². The minimum atomic E-state index is -2.74. The number of carbonyl (C=O) groups excluding carboxylic acids is 2. The Morgan fingerprint density at radius 3 is 1.05 bits per heavy atom.